The van der Waals surface area contributed by atoms with Crippen molar-refractivity contribution >= 4 is 17.3 Å². The largest absolute Gasteiger partial charge is 0.369 e. The van der Waals surface area contributed by atoms with Gasteiger partial charge in [0.25, 0.3) is 0 Å². The summed E-state index contributed by atoms with van der Waals surface area (Å²) in [5.41, 5.74) is 3.46. The van der Waals surface area contributed by atoms with Crippen LogP contribution in [0.1, 0.15) is 31.7 Å². The van der Waals surface area contributed by atoms with Crippen LogP contribution in [0.25, 0.3) is 0 Å². The zero-order chi connectivity index (χ0) is 18.4. The number of hydrogen-bond donors (Lipinski definition) is 1. The minimum absolute atomic E-state index is 0.0643. The maximum atomic E-state index is 12.3. The Morgan fingerprint density at radius 3 is 2.27 bits per heavy atom. The molecule has 1 aliphatic rings. The summed E-state index contributed by atoms with van der Waals surface area (Å²) in [6, 6.07) is 18.7. The predicted molar refractivity (Wildman–Crippen MR) is 109 cm³/mol. The van der Waals surface area contributed by atoms with Crippen molar-refractivity contribution in [3.63, 3.8) is 0 Å². The van der Waals surface area contributed by atoms with Crippen LogP contribution in [-0.4, -0.2) is 43.5 Å². The lowest BCUT2D eigenvalue weighted by atomic mass is 9.99. The van der Waals surface area contributed by atoms with E-state index in [9.17, 15) is 4.79 Å². The van der Waals surface area contributed by atoms with Crippen molar-refractivity contribution in [1.82, 2.24) is 4.90 Å². The van der Waals surface area contributed by atoms with E-state index in [-0.39, 0.29) is 5.91 Å². The first-order chi connectivity index (χ1) is 12.7. The highest BCUT2D eigenvalue weighted by Gasteiger charge is 2.19. The zero-order valence-corrected chi connectivity index (χ0v) is 15.8. The third kappa shape index (κ3) is 4.85. The number of nitrogens with zero attached hydrogens (tertiary/aromatic N) is 2. The average molecular weight is 351 g/mol. The highest BCUT2D eigenvalue weighted by Crippen LogP contribution is 2.20. The van der Waals surface area contributed by atoms with Gasteiger partial charge in [-0.05, 0) is 42.2 Å². The fraction of sp³-hybridized carbons (Fsp3) is 0.409. The van der Waals surface area contributed by atoms with Gasteiger partial charge in [0.15, 0.2) is 0 Å². The van der Waals surface area contributed by atoms with Crippen molar-refractivity contribution in [2.24, 2.45) is 0 Å². The highest BCUT2D eigenvalue weighted by atomic mass is 16.2. The molecule has 2 aromatic carbocycles. The quantitative estimate of drug-likeness (QED) is 0.856. The molecule has 1 unspecified atom stereocenters. The van der Waals surface area contributed by atoms with E-state index in [0.717, 1.165) is 38.3 Å². The Morgan fingerprint density at radius 2 is 1.65 bits per heavy atom. The summed E-state index contributed by atoms with van der Waals surface area (Å²) in [5, 5.41) is 3.02. The summed E-state index contributed by atoms with van der Waals surface area (Å²) in [6.07, 6.45) is 1.13. The molecule has 0 bridgehead atoms. The molecule has 1 amide bonds. The number of carbonyl (C=O) groups is 1. The van der Waals surface area contributed by atoms with Gasteiger partial charge >= 0.3 is 0 Å². The SMILES string of the molecule is CCC(C)c1ccc(NC(=O)CN2CCN(c3ccccc3)CC2)cc1. The Balaban J connectivity index is 1.46. The molecule has 1 N–H and O–H groups in total. The topological polar surface area (TPSA) is 35.6 Å². The van der Waals surface area contributed by atoms with Gasteiger partial charge in [0, 0.05) is 37.6 Å². The van der Waals surface area contributed by atoms with Gasteiger partial charge in [0.05, 0.1) is 6.54 Å². The van der Waals surface area contributed by atoms with Crippen molar-refractivity contribution in [3.05, 3.63) is 60.2 Å². The molecule has 0 aliphatic carbocycles. The molecule has 1 heterocycles. The fourth-order valence-corrected chi connectivity index (χ4v) is 3.34. The summed E-state index contributed by atoms with van der Waals surface area (Å²) in [4.78, 5) is 16.9. The lowest BCUT2D eigenvalue weighted by molar-refractivity contribution is -0.117. The fourth-order valence-electron chi connectivity index (χ4n) is 3.34. The first-order valence-electron chi connectivity index (χ1n) is 9.58. The summed E-state index contributed by atoms with van der Waals surface area (Å²) < 4.78 is 0. The van der Waals surface area contributed by atoms with Gasteiger partial charge < -0.3 is 10.2 Å². The second-order valence-electron chi connectivity index (χ2n) is 7.08. The molecule has 1 fully saturated rings. The molecule has 1 aliphatic heterocycles. The maximum Gasteiger partial charge on any atom is 0.238 e. The Hall–Kier alpha value is -2.33. The minimum Gasteiger partial charge on any atom is -0.369 e. The minimum atomic E-state index is 0.0643. The van der Waals surface area contributed by atoms with E-state index in [1.54, 1.807) is 0 Å². The van der Waals surface area contributed by atoms with Gasteiger partial charge in [-0.15, -0.1) is 0 Å². The van der Waals surface area contributed by atoms with Crippen LogP contribution in [0.3, 0.4) is 0 Å². The van der Waals surface area contributed by atoms with Gasteiger partial charge in [-0.1, -0.05) is 44.2 Å². The number of nitrogens with one attached hydrogen (secondary N) is 1. The molecule has 0 aromatic heterocycles. The molecule has 26 heavy (non-hydrogen) atoms. The Kier molecular flexibility index (Phi) is 6.29. The lowest BCUT2D eigenvalue weighted by Crippen LogP contribution is -2.48. The smallest absolute Gasteiger partial charge is 0.238 e. The number of carbonyl (C=O) groups excluding carboxylic acids is 1. The van der Waals surface area contributed by atoms with E-state index in [2.05, 4.69) is 65.4 Å². The summed E-state index contributed by atoms with van der Waals surface area (Å²) in [7, 11) is 0. The van der Waals surface area contributed by atoms with Crippen molar-refractivity contribution in [1.29, 1.82) is 0 Å². The number of para-hydroxylation sites is 1. The molecule has 2 aromatic rings. The van der Waals surface area contributed by atoms with Crippen LogP contribution in [0.5, 0.6) is 0 Å². The molecule has 4 nitrogen and oxygen atoms in total. The molecule has 3 rings (SSSR count). The monoisotopic (exact) mass is 351 g/mol. The van der Waals surface area contributed by atoms with Crippen LogP contribution >= 0.6 is 0 Å². The zero-order valence-electron chi connectivity index (χ0n) is 15.8. The van der Waals surface area contributed by atoms with Gasteiger partial charge in [-0.2, -0.15) is 0 Å². The number of hydrogen-bond acceptors (Lipinski definition) is 3. The third-order valence-corrected chi connectivity index (χ3v) is 5.24. The van der Waals surface area contributed by atoms with Crippen LogP contribution in [0.4, 0.5) is 11.4 Å². The molecule has 0 saturated carbocycles. The van der Waals surface area contributed by atoms with Gasteiger partial charge in [-0.25, -0.2) is 0 Å². The van der Waals surface area contributed by atoms with Crippen molar-refractivity contribution in [3.8, 4) is 0 Å². The van der Waals surface area contributed by atoms with E-state index in [1.165, 1.54) is 11.3 Å². The summed E-state index contributed by atoms with van der Waals surface area (Å²) in [5.74, 6) is 0.620. The molecular formula is C22H29N3O. The maximum absolute atomic E-state index is 12.3. The summed E-state index contributed by atoms with van der Waals surface area (Å²) >= 11 is 0. The molecule has 0 radical (unpaired) electrons. The Bertz CT molecular complexity index is 691. The van der Waals surface area contributed by atoms with E-state index in [0.29, 0.717) is 12.5 Å². The van der Waals surface area contributed by atoms with Gasteiger partial charge in [-0.3, -0.25) is 9.69 Å². The van der Waals surface area contributed by atoms with Crippen molar-refractivity contribution < 1.29 is 4.79 Å². The molecule has 4 heteroatoms. The normalized spacial score (nSPS) is 16.3. The van der Waals surface area contributed by atoms with Crippen LogP contribution in [0.2, 0.25) is 0 Å². The predicted octanol–water partition coefficient (Wildman–Crippen LogP) is 3.96. The second kappa shape index (κ2) is 8.86. The number of benzene rings is 2. The lowest BCUT2D eigenvalue weighted by Gasteiger charge is -2.35. The Morgan fingerprint density at radius 1 is 1.00 bits per heavy atom. The first-order valence-corrected chi connectivity index (χ1v) is 9.58. The standard InChI is InChI=1S/C22H29N3O/c1-3-18(2)19-9-11-20(12-10-19)23-22(26)17-24-13-15-25(16-14-24)21-7-5-4-6-8-21/h4-12,18H,3,13-17H2,1-2H3,(H,23,26). The summed E-state index contributed by atoms with van der Waals surface area (Å²) in [6.45, 7) is 8.61. The number of amides is 1. The van der Waals surface area contributed by atoms with Crippen molar-refractivity contribution in [2.75, 3.05) is 42.9 Å². The van der Waals surface area contributed by atoms with E-state index >= 15 is 0 Å². The first kappa shape index (κ1) is 18.5. The molecule has 0 spiro atoms. The van der Waals surface area contributed by atoms with Crippen LogP contribution in [0.15, 0.2) is 54.6 Å². The van der Waals surface area contributed by atoms with Crippen LogP contribution in [-0.2, 0) is 4.79 Å². The van der Waals surface area contributed by atoms with Crippen LogP contribution in [0, 0.1) is 0 Å². The third-order valence-electron chi connectivity index (χ3n) is 5.24. The molecule has 1 saturated heterocycles. The average Bonchev–Trinajstić information content (AvgIpc) is 2.69. The number of piperazine rings is 1. The molecular weight excluding hydrogens is 322 g/mol. The molecule has 138 valence electrons. The Labute approximate surface area is 156 Å². The van der Waals surface area contributed by atoms with E-state index in [1.807, 2.05) is 18.2 Å². The number of anilines is 2. The second-order valence-corrected chi connectivity index (χ2v) is 7.08. The van der Waals surface area contributed by atoms with E-state index in [4.69, 9.17) is 0 Å². The van der Waals surface area contributed by atoms with Crippen LogP contribution < -0.4 is 10.2 Å². The highest BCUT2D eigenvalue weighted by molar-refractivity contribution is 5.92. The number of rotatable bonds is 6. The van der Waals surface area contributed by atoms with E-state index < -0.39 is 0 Å². The van der Waals surface area contributed by atoms with Crippen molar-refractivity contribution in [2.45, 2.75) is 26.2 Å². The van der Waals surface area contributed by atoms with Gasteiger partial charge in [0.2, 0.25) is 5.91 Å². The van der Waals surface area contributed by atoms with Gasteiger partial charge in [0.1, 0.15) is 0 Å². The molecule has 1 atom stereocenters.